The zero-order valence-corrected chi connectivity index (χ0v) is 16.0. The van der Waals surface area contributed by atoms with Gasteiger partial charge in [0.05, 0.1) is 5.54 Å². The van der Waals surface area contributed by atoms with Crippen LogP contribution < -0.4 is 5.32 Å². The Hall–Kier alpha value is -1.59. The Kier molecular flexibility index (Phi) is 3.57. The standard InChI is InChI=1S/C23H26NP/c1-15-10-20(17-5-6-17)12-21(11-15)19-8-7-18-4-3-9-23(22(18)13-19)14-25-16(2)24-23/h7-8,10-13,17,24-25H,2-6,9,14H2,1H3. The summed E-state index contributed by atoms with van der Waals surface area (Å²) in [7, 11) is 0.855. The van der Waals surface area contributed by atoms with Crippen LogP contribution in [0.15, 0.2) is 48.4 Å². The fourth-order valence-corrected chi connectivity index (χ4v) is 6.01. The molecule has 1 saturated heterocycles. The first-order valence-corrected chi connectivity index (χ1v) is 10.8. The van der Waals surface area contributed by atoms with E-state index in [-0.39, 0.29) is 5.54 Å². The molecule has 1 saturated carbocycles. The van der Waals surface area contributed by atoms with Crippen molar-refractivity contribution in [1.82, 2.24) is 5.32 Å². The lowest BCUT2D eigenvalue weighted by molar-refractivity contribution is 0.368. The lowest BCUT2D eigenvalue weighted by Gasteiger charge is -2.36. The van der Waals surface area contributed by atoms with Crippen LogP contribution >= 0.6 is 8.58 Å². The summed E-state index contributed by atoms with van der Waals surface area (Å²) < 4.78 is 0. The Balaban J connectivity index is 1.60. The van der Waals surface area contributed by atoms with Crippen LogP contribution in [0.25, 0.3) is 11.1 Å². The summed E-state index contributed by atoms with van der Waals surface area (Å²) in [5, 5.41) is 3.77. The minimum atomic E-state index is 0.155. The van der Waals surface area contributed by atoms with Crippen LogP contribution in [-0.2, 0) is 12.0 Å². The van der Waals surface area contributed by atoms with Gasteiger partial charge in [0.2, 0.25) is 0 Å². The molecular weight excluding hydrogens is 321 g/mol. The maximum atomic E-state index is 4.21. The molecule has 1 N–H and O–H groups in total. The topological polar surface area (TPSA) is 12.0 Å². The van der Waals surface area contributed by atoms with Crippen LogP contribution in [0.5, 0.6) is 0 Å². The summed E-state index contributed by atoms with van der Waals surface area (Å²) in [6.45, 7) is 6.44. The van der Waals surface area contributed by atoms with Gasteiger partial charge in [0, 0.05) is 5.44 Å². The monoisotopic (exact) mass is 347 g/mol. The van der Waals surface area contributed by atoms with E-state index in [1.807, 2.05) is 0 Å². The third-order valence-electron chi connectivity index (χ3n) is 6.15. The summed E-state index contributed by atoms with van der Waals surface area (Å²) in [5.74, 6) is 0.809. The Labute approximate surface area is 152 Å². The molecule has 1 aliphatic heterocycles. The summed E-state index contributed by atoms with van der Waals surface area (Å²) in [6.07, 6.45) is 7.70. The van der Waals surface area contributed by atoms with Crippen LogP contribution in [0.1, 0.15) is 53.9 Å². The highest BCUT2D eigenvalue weighted by Crippen LogP contribution is 2.48. The molecule has 0 aromatic heterocycles. The lowest BCUT2D eigenvalue weighted by Crippen LogP contribution is -2.41. The van der Waals surface area contributed by atoms with Crippen molar-refractivity contribution >= 4 is 8.58 Å². The Morgan fingerprint density at radius 2 is 2.00 bits per heavy atom. The Morgan fingerprint density at radius 1 is 1.12 bits per heavy atom. The van der Waals surface area contributed by atoms with Crippen molar-refractivity contribution in [3.63, 3.8) is 0 Å². The molecule has 2 atom stereocenters. The van der Waals surface area contributed by atoms with Gasteiger partial charge in [-0.1, -0.05) is 51.1 Å². The molecule has 25 heavy (non-hydrogen) atoms. The van der Waals surface area contributed by atoms with E-state index in [1.54, 1.807) is 0 Å². The first kappa shape index (κ1) is 15.6. The van der Waals surface area contributed by atoms with Crippen LogP contribution in [0, 0.1) is 6.92 Å². The molecule has 1 spiro atoms. The molecule has 0 radical (unpaired) electrons. The SMILES string of the molecule is C=C1NC2(CCCc3ccc(-c4cc(C)cc(C5CC5)c4)cc32)CP1. The average Bonchev–Trinajstić information content (AvgIpc) is 3.39. The normalized spacial score (nSPS) is 26.0. The number of fused-ring (bicyclic) bond motifs is 2. The van der Waals surface area contributed by atoms with E-state index in [1.165, 1.54) is 77.1 Å². The minimum absolute atomic E-state index is 0.155. The largest absolute Gasteiger partial charge is 0.376 e. The number of rotatable bonds is 2. The molecule has 1 nitrogen and oxygen atoms in total. The predicted octanol–water partition coefficient (Wildman–Crippen LogP) is 5.82. The van der Waals surface area contributed by atoms with Gasteiger partial charge in [0.1, 0.15) is 0 Å². The molecule has 0 bridgehead atoms. The van der Waals surface area contributed by atoms with Crippen LogP contribution in [0.4, 0.5) is 0 Å². The zero-order valence-electron chi connectivity index (χ0n) is 15.0. The lowest BCUT2D eigenvalue weighted by atomic mass is 9.76. The van der Waals surface area contributed by atoms with Crippen LogP contribution in [-0.4, -0.2) is 6.16 Å². The van der Waals surface area contributed by atoms with Gasteiger partial charge >= 0.3 is 0 Å². The zero-order chi connectivity index (χ0) is 17.0. The Morgan fingerprint density at radius 3 is 2.76 bits per heavy atom. The van der Waals surface area contributed by atoms with Crippen molar-refractivity contribution in [1.29, 1.82) is 0 Å². The van der Waals surface area contributed by atoms with Crippen molar-refractivity contribution in [3.8, 4) is 11.1 Å². The third-order valence-corrected chi connectivity index (χ3v) is 7.48. The number of hydrogen-bond donors (Lipinski definition) is 1. The fraction of sp³-hybridized carbons (Fsp3) is 0.391. The van der Waals surface area contributed by atoms with Crippen LogP contribution in [0.3, 0.4) is 0 Å². The molecule has 2 heteroatoms. The van der Waals surface area contributed by atoms with E-state index in [9.17, 15) is 0 Å². The fourth-order valence-electron chi connectivity index (χ4n) is 4.71. The summed E-state index contributed by atoms with van der Waals surface area (Å²) >= 11 is 0. The van der Waals surface area contributed by atoms with Gasteiger partial charge in [0.25, 0.3) is 0 Å². The second-order valence-corrected chi connectivity index (χ2v) is 9.48. The van der Waals surface area contributed by atoms with Crippen LogP contribution in [0.2, 0.25) is 0 Å². The van der Waals surface area contributed by atoms with Gasteiger partial charge in [-0.15, -0.1) is 0 Å². The van der Waals surface area contributed by atoms with Gasteiger partial charge in [-0.25, -0.2) is 0 Å². The van der Waals surface area contributed by atoms with Crippen molar-refractivity contribution in [2.24, 2.45) is 0 Å². The summed E-state index contributed by atoms with van der Waals surface area (Å²) in [6, 6.07) is 14.4. The van der Waals surface area contributed by atoms with Gasteiger partial charge in [-0.3, -0.25) is 0 Å². The minimum Gasteiger partial charge on any atom is -0.376 e. The maximum absolute atomic E-state index is 4.21. The summed E-state index contributed by atoms with van der Waals surface area (Å²) in [5.41, 5.74) is 10.2. The number of aryl methyl sites for hydroxylation is 2. The van der Waals surface area contributed by atoms with Crippen molar-refractivity contribution in [3.05, 3.63) is 70.7 Å². The highest BCUT2D eigenvalue weighted by atomic mass is 31.1. The molecule has 2 aromatic rings. The maximum Gasteiger partial charge on any atom is 0.0668 e. The summed E-state index contributed by atoms with van der Waals surface area (Å²) in [4.78, 5) is 0. The van der Waals surface area contributed by atoms with Gasteiger partial charge in [-0.2, -0.15) is 0 Å². The van der Waals surface area contributed by atoms with Gasteiger partial charge in [0.15, 0.2) is 0 Å². The van der Waals surface area contributed by atoms with Gasteiger partial charge < -0.3 is 5.32 Å². The molecule has 3 aliphatic rings. The quantitative estimate of drug-likeness (QED) is 0.675. The molecular formula is C23H26NP. The molecule has 2 fully saturated rings. The molecule has 2 unspecified atom stereocenters. The second-order valence-electron chi connectivity index (χ2n) is 8.17. The van der Waals surface area contributed by atoms with Crippen molar-refractivity contribution < 1.29 is 0 Å². The first-order valence-electron chi connectivity index (χ1n) is 9.59. The van der Waals surface area contributed by atoms with E-state index in [4.69, 9.17) is 0 Å². The van der Waals surface area contributed by atoms with E-state index in [2.05, 4.69) is 55.2 Å². The molecule has 5 rings (SSSR count). The van der Waals surface area contributed by atoms with E-state index in [0.29, 0.717) is 0 Å². The highest BCUT2D eigenvalue weighted by molar-refractivity contribution is 7.43. The predicted molar refractivity (Wildman–Crippen MR) is 109 cm³/mol. The van der Waals surface area contributed by atoms with E-state index in [0.717, 1.165) is 14.5 Å². The molecule has 128 valence electrons. The van der Waals surface area contributed by atoms with Crippen molar-refractivity contribution in [2.45, 2.75) is 50.5 Å². The van der Waals surface area contributed by atoms with E-state index < -0.39 is 0 Å². The smallest absolute Gasteiger partial charge is 0.0668 e. The van der Waals surface area contributed by atoms with Gasteiger partial charge in [-0.05, 0) is 85.0 Å². The third kappa shape index (κ3) is 2.74. The van der Waals surface area contributed by atoms with E-state index >= 15 is 0 Å². The average molecular weight is 347 g/mol. The molecule has 1 heterocycles. The second kappa shape index (κ2) is 5.71. The Bertz CT molecular complexity index is 864. The number of nitrogens with one attached hydrogen (secondary N) is 1. The molecule has 2 aromatic carbocycles. The number of benzene rings is 2. The number of hydrogen-bond acceptors (Lipinski definition) is 1. The molecule has 2 aliphatic carbocycles. The molecule has 0 amide bonds. The van der Waals surface area contributed by atoms with Crippen molar-refractivity contribution in [2.75, 3.05) is 6.16 Å². The first-order chi connectivity index (χ1) is 12.1. The highest BCUT2D eigenvalue weighted by Gasteiger charge is 2.40.